The third-order valence-electron chi connectivity index (χ3n) is 4.30. The molecule has 1 aliphatic heterocycles. The van der Waals surface area contributed by atoms with Crippen LogP contribution in [0.4, 0.5) is 5.82 Å². The maximum atomic E-state index is 4.73. The fraction of sp³-hybridized carbons (Fsp3) is 0.706. The molecule has 0 bridgehead atoms. The fourth-order valence-corrected chi connectivity index (χ4v) is 3.37. The van der Waals surface area contributed by atoms with E-state index in [1.807, 2.05) is 0 Å². The van der Waals surface area contributed by atoms with E-state index >= 15 is 0 Å². The molecule has 1 aromatic rings. The standard InChI is InChI=1S/C17H29N3/c1-13(2)20(14(3)4)17-10-9-15(12-18-17)16-8-6-7-11-19(16)5/h9-10,12-14,16H,6-8,11H2,1-5H3. The van der Waals surface area contributed by atoms with Gasteiger partial charge in [-0.1, -0.05) is 12.5 Å². The Bertz CT molecular complexity index is 403. The highest BCUT2D eigenvalue weighted by molar-refractivity contribution is 5.41. The van der Waals surface area contributed by atoms with Gasteiger partial charge in [-0.05, 0) is 65.8 Å². The lowest BCUT2D eigenvalue weighted by atomic mass is 9.97. The minimum atomic E-state index is 0.478. The Balaban J connectivity index is 2.16. The number of hydrogen-bond acceptors (Lipinski definition) is 3. The summed E-state index contributed by atoms with van der Waals surface area (Å²) in [4.78, 5) is 9.56. The summed E-state index contributed by atoms with van der Waals surface area (Å²) in [6.07, 6.45) is 6.00. The van der Waals surface area contributed by atoms with Gasteiger partial charge in [0.1, 0.15) is 5.82 Å². The normalized spacial score (nSPS) is 20.6. The Kier molecular flexibility index (Phi) is 5.03. The molecule has 3 heteroatoms. The van der Waals surface area contributed by atoms with E-state index in [1.54, 1.807) is 0 Å². The molecule has 1 aromatic heterocycles. The van der Waals surface area contributed by atoms with Crippen LogP contribution in [0.2, 0.25) is 0 Å². The SMILES string of the molecule is CC(C)N(c1ccc(C2CCCCN2C)cn1)C(C)C. The molecule has 1 unspecified atom stereocenters. The van der Waals surface area contributed by atoms with E-state index < -0.39 is 0 Å². The maximum absolute atomic E-state index is 4.73. The molecule has 2 rings (SSSR count). The molecule has 0 aromatic carbocycles. The average Bonchev–Trinajstić information content (AvgIpc) is 2.39. The summed E-state index contributed by atoms with van der Waals surface area (Å²) in [5, 5.41) is 0. The highest BCUT2D eigenvalue weighted by Gasteiger charge is 2.21. The van der Waals surface area contributed by atoms with Gasteiger partial charge in [0.15, 0.2) is 0 Å². The van der Waals surface area contributed by atoms with Crippen molar-refractivity contribution in [3.63, 3.8) is 0 Å². The van der Waals surface area contributed by atoms with Gasteiger partial charge in [0.2, 0.25) is 0 Å². The van der Waals surface area contributed by atoms with Crippen LogP contribution in [0, 0.1) is 0 Å². The summed E-state index contributed by atoms with van der Waals surface area (Å²) >= 11 is 0. The van der Waals surface area contributed by atoms with Crippen molar-refractivity contribution in [2.24, 2.45) is 0 Å². The summed E-state index contributed by atoms with van der Waals surface area (Å²) < 4.78 is 0. The van der Waals surface area contributed by atoms with Crippen molar-refractivity contribution < 1.29 is 0 Å². The molecule has 0 saturated carbocycles. The quantitative estimate of drug-likeness (QED) is 0.831. The van der Waals surface area contributed by atoms with Crippen molar-refractivity contribution in [1.82, 2.24) is 9.88 Å². The first-order valence-corrected chi connectivity index (χ1v) is 7.95. The minimum Gasteiger partial charge on any atom is -0.352 e. The summed E-state index contributed by atoms with van der Waals surface area (Å²) in [5.74, 6) is 1.09. The van der Waals surface area contributed by atoms with Crippen molar-refractivity contribution in [3.05, 3.63) is 23.9 Å². The van der Waals surface area contributed by atoms with Gasteiger partial charge < -0.3 is 4.90 Å². The lowest BCUT2D eigenvalue weighted by Crippen LogP contribution is -2.37. The van der Waals surface area contributed by atoms with Crippen molar-refractivity contribution in [3.8, 4) is 0 Å². The van der Waals surface area contributed by atoms with E-state index in [4.69, 9.17) is 4.98 Å². The first-order valence-electron chi connectivity index (χ1n) is 7.95. The molecule has 2 heterocycles. The van der Waals surface area contributed by atoms with Crippen LogP contribution in [0.25, 0.3) is 0 Å². The molecule has 20 heavy (non-hydrogen) atoms. The zero-order valence-corrected chi connectivity index (χ0v) is 13.6. The van der Waals surface area contributed by atoms with Gasteiger partial charge >= 0.3 is 0 Å². The van der Waals surface area contributed by atoms with E-state index in [1.165, 1.54) is 31.4 Å². The molecule has 1 aliphatic rings. The average molecular weight is 275 g/mol. The Morgan fingerprint density at radius 2 is 1.85 bits per heavy atom. The molecule has 0 amide bonds. The van der Waals surface area contributed by atoms with Gasteiger partial charge in [0.05, 0.1) is 0 Å². The van der Waals surface area contributed by atoms with Crippen LogP contribution < -0.4 is 4.90 Å². The van der Waals surface area contributed by atoms with Crippen molar-refractivity contribution in [2.75, 3.05) is 18.5 Å². The van der Waals surface area contributed by atoms with Crippen molar-refractivity contribution >= 4 is 5.82 Å². The maximum Gasteiger partial charge on any atom is 0.128 e. The van der Waals surface area contributed by atoms with Crippen molar-refractivity contribution in [2.45, 2.75) is 65.1 Å². The first kappa shape index (κ1) is 15.3. The summed E-state index contributed by atoms with van der Waals surface area (Å²) in [6, 6.07) is 5.97. The van der Waals surface area contributed by atoms with Crippen LogP contribution in [0.15, 0.2) is 18.3 Å². The van der Waals surface area contributed by atoms with Gasteiger partial charge in [0.25, 0.3) is 0 Å². The monoisotopic (exact) mass is 275 g/mol. The second-order valence-corrected chi connectivity index (χ2v) is 6.54. The van der Waals surface area contributed by atoms with E-state index in [9.17, 15) is 0 Å². The molecular weight excluding hydrogens is 246 g/mol. The van der Waals surface area contributed by atoms with Crippen LogP contribution >= 0.6 is 0 Å². The van der Waals surface area contributed by atoms with Crippen LogP contribution in [0.1, 0.15) is 58.6 Å². The second kappa shape index (κ2) is 6.57. The van der Waals surface area contributed by atoms with Gasteiger partial charge in [-0.3, -0.25) is 4.90 Å². The molecule has 3 nitrogen and oxygen atoms in total. The number of aromatic nitrogens is 1. The second-order valence-electron chi connectivity index (χ2n) is 6.54. The smallest absolute Gasteiger partial charge is 0.128 e. The molecule has 0 N–H and O–H groups in total. The number of piperidine rings is 1. The number of rotatable bonds is 4. The first-order chi connectivity index (χ1) is 9.50. The molecule has 0 radical (unpaired) electrons. The molecule has 1 fully saturated rings. The highest BCUT2D eigenvalue weighted by atomic mass is 15.2. The van der Waals surface area contributed by atoms with E-state index in [0.29, 0.717) is 18.1 Å². The summed E-state index contributed by atoms with van der Waals surface area (Å²) in [5.41, 5.74) is 1.36. The molecule has 112 valence electrons. The van der Waals surface area contributed by atoms with Gasteiger partial charge in [0, 0.05) is 24.3 Å². The van der Waals surface area contributed by atoms with Gasteiger partial charge in [-0.2, -0.15) is 0 Å². The predicted octanol–water partition coefficient (Wildman–Crippen LogP) is 3.86. The highest BCUT2D eigenvalue weighted by Crippen LogP contribution is 2.30. The lowest BCUT2D eigenvalue weighted by Gasteiger charge is -2.34. The zero-order chi connectivity index (χ0) is 14.7. The fourth-order valence-electron chi connectivity index (χ4n) is 3.37. The third kappa shape index (κ3) is 3.32. The molecule has 1 saturated heterocycles. The summed E-state index contributed by atoms with van der Waals surface area (Å²) in [6.45, 7) is 10.1. The number of hydrogen-bond donors (Lipinski definition) is 0. The molecule has 0 spiro atoms. The minimum absolute atomic E-state index is 0.478. The van der Waals surface area contributed by atoms with Crippen LogP contribution in [0.5, 0.6) is 0 Å². The Morgan fingerprint density at radius 3 is 2.35 bits per heavy atom. The van der Waals surface area contributed by atoms with E-state index in [0.717, 1.165) is 5.82 Å². The zero-order valence-electron chi connectivity index (χ0n) is 13.6. The van der Waals surface area contributed by atoms with Crippen molar-refractivity contribution in [1.29, 1.82) is 0 Å². The number of nitrogens with zero attached hydrogens (tertiary/aromatic N) is 3. The van der Waals surface area contributed by atoms with Crippen LogP contribution in [-0.2, 0) is 0 Å². The Hall–Kier alpha value is -1.09. The Morgan fingerprint density at radius 1 is 1.15 bits per heavy atom. The number of likely N-dealkylation sites (tertiary alicyclic amines) is 1. The van der Waals surface area contributed by atoms with Gasteiger partial charge in [-0.15, -0.1) is 0 Å². The van der Waals surface area contributed by atoms with E-state index in [-0.39, 0.29) is 0 Å². The molecule has 0 aliphatic carbocycles. The topological polar surface area (TPSA) is 19.4 Å². The van der Waals surface area contributed by atoms with Gasteiger partial charge in [-0.25, -0.2) is 4.98 Å². The van der Waals surface area contributed by atoms with Crippen LogP contribution in [-0.4, -0.2) is 35.6 Å². The predicted molar refractivity (Wildman–Crippen MR) is 86.2 cm³/mol. The molecular formula is C17H29N3. The number of anilines is 1. The number of pyridine rings is 1. The lowest BCUT2D eigenvalue weighted by molar-refractivity contribution is 0.187. The third-order valence-corrected chi connectivity index (χ3v) is 4.30. The van der Waals surface area contributed by atoms with E-state index in [2.05, 4.69) is 62.9 Å². The largest absolute Gasteiger partial charge is 0.352 e. The summed E-state index contributed by atoms with van der Waals surface area (Å²) in [7, 11) is 2.23. The Labute approximate surface area is 124 Å². The molecule has 1 atom stereocenters. The van der Waals surface area contributed by atoms with Crippen LogP contribution in [0.3, 0.4) is 0 Å².